The summed E-state index contributed by atoms with van der Waals surface area (Å²) in [4.78, 5) is 10.7. The summed E-state index contributed by atoms with van der Waals surface area (Å²) in [6.07, 6.45) is -5.55. The van der Waals surface area contributed by atoms with Crippen LogP contribution in [0.1, 0.15) is 11.1 Å². The molecule has 3 nitrogen and oxygen atoms in total. The zero-order chi connectivity index (χ0) is 14.3. The maximum absolute atomic E-state index is 13.6. The smallest absolute Gasteiger partial charge is 0.421 e. The minimum atomic E-state index is -5.55. The van der Waals surface area contributed by atoms with Crippen molar-refractivity contribution in [2.75, 3.05) is 0 Å². The molecule has 3 N–H and O–H groups in total. The monoisotopic (exact) mass is 269 g/mol. The molecule has 0 saturated carbocycles. The van der Waals surface area contributed by atoms with Gasteiger partial charge in [0.1, 0.15) is 11.6 Å². The number of rotatable bonds is 2. The van der Waals surface area contributed by atoms with Crippen LogP contribution in [-0.4, -0.2) is 17.3 Å². The fourth-order valence-corrected chi connectivity index (χ4v) is 1.39. The van der Waals surface area contributed by atoms with Gasteiger partial charge in [-0.25, -0.2) is 13.6 Å². The van der Waals surface area contributed by atoms with Crippen LogP contribution >= 0.6 is 0 Å². The lowest BCUT2D eigenvalue weighted by atomic mass is 9.88. The molecule has 0 bridgehead atoms. The number of carbonyl (C=O) groups is 1. The van der Waals surface area contributed by atoms with Gasteiger partial charge >= 0.3 is 12.1 Å². The lowest BCUT2D eigenvalue weighted by Crippen LogP contribution is -2.57. The van der Waals surface area contributed by atoms with Crippen LogP contribution in [0.15, 0.2) is 12.1 Å². The summed E-state index contributed by atoms with van der Waals surface area (Å²) in [5, 5.41) is 8.58. The van der Waals surface area contributed by atoms with Crippen LogP contribution in [0, 0.1) is 18.6 Å². The van der Waals surface area contributed by atoms with Gasteiger partial charge in [-0.05, 0) is 18.6 Å². The lowest BCUT2D eigenvalue weighted by molar-refractivity contribution is -0.205. The first-order valence-corrected chi connectivity index (χ1v) is 4.57. The number of hydrogen-bond acceptors (Lipinski definition) is 2. The van der Waals surface area contributed by atoms with Crippen molar-refractivity contribution in [3.05, 3.63) is 34.9 Å². The number of carboxylic acids is 1. The highest BCUT2D eigenvalue weighted by molar-refractivity contribution is 5.82. The number of hydrogen-bond donors (Lipinski definition) is 2. The third-order valence-electron chi connectivity index (χ3n) is 2.46. The quantitative estimate of drug-likeness (QED) is 0.808. The second kappa shape index (κ2) is 4.20. The van der Waals surface area contributed by atoms with Crippen LogP contribution in [0.25, 0.3) is 0 Å². The molecule has 0 aliphatic rings. The molecule has 0 heterocycles. The Labute approximate surface area is 98.0 Å². The molecule has 0 aliphatic carbocycles. The molecular weight excluding hydrogens is 261 g/mol. The van der Waals surface area contributed by atoms with Crippen molar-refractivity contribution in [1.82, 2.24) is 0 Å². The van der Waals surface area contributed by atoms with Gasteiger partial charge in [-0.1, -0.05) is 6.07 Å². The van der Waals surface area contributed by atoms with Gasteiger partial charge in [0.05, 0.1) is 5.56 Å². The molecule has 0 aliphatic heterocycles. The highest BCUT2D eigenvalue weighted by Gasteiger charge is 2.62. The van der Waals surface area contributed by atoms with E-state index in [4.69, 9.17) is 10.8 Å². The van der Waals surface area contributed by atoms with E-state index in [2.05, 4.69) is 0 Å². The molecule has 100 valence electrons. The van der Waals surface area contributed by atoms with Gasteiger partial charge in [-0.2, -0.15) is 13.2 Å². The van der Waals surface area contributed by atoms with Gasteiger partial charge in [0.15, 0.2) is 0 Å². The van der Waals surface area contributed by atoms with Crippen LogP contribution in [-0.2, 0) is 10.3 Å². The summed E-state index contributed by atoms with van der Waals surface area (Å²) < 4.78 is 65.0. The number of alkyl halides is 3. The second-order valence-corrected chi connectivity index (χ2v) is 3.66. The zero-order valence-electron chi connectivity index (χ0n) is 8.98. The average molecular weight is 269 g/mol. The van der Waals surface area contributed by atoms with E-state index in [0.717, 1.165) is 13.0 Å². The molecule has 18 heavy (non-hydrogen) atoms. The van der Waals surface area contributed by atoms with Gasteiger partial charge in [-0.15, -0.1) is 0 Å². The number of benzene rings is 1. The maximum atomic E-state index is 13.6. The SMILES string of the molecule is Cc1ccc(F)c(C(N)(C(=O)O)C(F)(F)F)c1F. The summed E-state index contributed by atoms with van der Waals surface area (Å²) in [6, 6.07) is 1.41. The Balaban J connectivity index is 3.71. The Bertz CT molecular complexity index is 500. The van der Waals surface area contributed by atoms with E-state index < -0.39 is 34.9 Å². The predicted molar refractivity (Wildman–Crippen MR) is 50.7 cm³/mol. The zero-order valence-corrected chi connectivity index (χ0v) is 8.98. The fraction of sp³-hybridized carbons (Fsp3) is 0.300. The van der Waals surface area contributed by atoms with Gasteiger partial charge in [0.2, 0.25) is 5.54 Å². The van der Waals surface area contributed by atoms with Gasteiger partial charge < -0.3 is 10.8 Å². The van der Waals surface area contributed by atoms with Crippen molar-refractivity contribution in [3.8, 4) is 0 Å². The molecule has 1 rings (SSSR count). The van der Waals surface area contributed by atoms with Crippen molar-refractivity contribution in [2.24, 2.45) is 5.73 Å². The summed E-state index contributed by atoms with van der Waals surface area (Å²) in [5.74, 6) is -5.88. The molecule has 1 unspecified atom stereocenters. The van der Waals surface area contributed by atoms with E-state index in [9.17, 15) is 26.7 Å². The summed E-state index contributed by atoms with van der Waals surface area (Å²) in [7, 11) is 0. The number of aliphatic carboxylic acids is 1. The number of aryl methyl sites for hydroxylation is 1. The van der Waals surface area contributed by atoms with Crippen molar-refractivity contribution >= 4 is 5.97 Å². The minimum Gasteiger partial charge on any atom is -0.479 e. The molecule has 8 heteroatoms. The number of nitrogens with two attached hydrogens (primary N) is 1. The van der Waals surface area contributed by atoms with Crippen molar-refractivity contribution in [1.29, 1.82) is 0 Å². The summed E-state index contributed by atoms with van der Waals surface area (Å²) in [6.45, 7) is 1.07. The molecule has 0 spiro atoms. The predicted octanol–water partition coefficient (Wildman–Crippen LogP) is 2.07. The molecule has 0 fully saturated rings. The van der Waals surface area contributed by atoms with Crippen LogP contribution in [0.5, 0.6) is 0 Å². The van der Waals surface area contributed by atoms with Crippen molar-refractivity contribution < 1.29 is 31.9 Å². The topological polar surface area (TPSA) is 63.3 Å². The summed E-state index contributed by atoms with van der Waals surface area (Å²) in [5.41, 5.74) is -1.49. The van der Waals surface area contributed by atoms with Gasteiger partial charge in [0, 0.05) is 0 Å². The van der Waals surface area contributed by atoms with E-state index in [1.807, 2.05) is 0 Å². The molecule has 1 aromatic rings. The molecular formula is C10H8F5NO2. The Kier molecular flexibility index (Phi) is 3.35. The average Bonchev–Trinajstić information content (AvgIpc) is 2.22. The van der Waals surface area contributed by atoms with Crippen LogP contribution < -0.4 is 5.73 Å². The largest absolute Gasteiger partial charge is 0.479 e. The van der Waals surface area contributed by atoms with Crippen molar-refractivity contribution in [2.45, 2.75) is 18.6 Å². The van der Waals surface area contributed by atoms with E-state index in [0.29, 0.717) is 6.07 Å². The van der Waals surface area contributed by atoms with E-state index in [1.54, 1.807) is 0 Å². The molecule has 0 amide bonds. The van der Waals surface area contributed by atoms with E-state index in [-0.39, 0.29) is 5.56 Å². The normalized spacial score (nSPS) is 15.3. The highest BCUT2D eigenvalue weighted by atomic mass is 19.4. The first-order chi connectivity index (χ1) is 8.03. The van der Waals surface area contributed by atoms with Gasteiger partial charge in [0.25, 0.3) is 0 Å². The van der Waals surface area contributed by atoms with Gasteiger partial charge in [-0.3, -0.25) is 0 Å². The van der Waals surface area contributed by atoms with Crippen molar-refractivity contribution in [3.63, 3.8) is 0 Å². The number of carboxylic acid groups (broad SMARTS) is 1. The Morgan fingerprint density at radius 3 is 2.17 bits per heavy atom. The fourth-order valence-electron chi connectivity index (χ4n) is 1.39. The standard InChI is InChI=1S/C10H8F5NO2/c1-4-2-3-5(11)6(7(4)12)9(16,8(17)18)10(13,14)15/h2-3H,16H2,1H3,(H,17,18). The van der Waals surface area contributed by atoms with Crippen LogP contribution in [0.4, 0.5) is 22.0 Å². The third-order valence-corrected chi connectivity index (χ3v) is 2.46. The Hall–Kier alpha value is -1.70. The lowest BCUT2D eigenvalue weighted by Gasteiger charge is -2.28. The Morgan fingerprint density at radius 2 is 1.78 bits per heavy atom. The highest BCUT2D eigenvalue weighted by Crippen LogP contribution is 2.40. The van der Waals surface area contributed by atoms with Crippen LogP contribution in [0.3, 0.4) is 0 Å². The minimum absolute atomic E-state index is 0.341. The molecule has 0 aromatic heterocycles. The first-order valence-electron chi connectivity index (χ1n) is 4.57. The third kappa shape index (κ3) is 1.92. The first kappa shape index (κ1) is 14.4. The van der Waals surface area contributed by atoms with E-state index in [1.165, 1.54) is 0 Å². The molecule has 0 radical (unpaired) electrons. The molecule has 1 atom stereocenters. The van der Waals surface area contributed by atoms with Crippen LogP contribution in [0.2, 0.25) is 0 Å². The summed E-state index contributed by atoms with van der Waals surface area (Å²) >= 11 is 0. The van der Waals surface area contributed by atoms with E-state index >= 15 is 0 Å². The second-order valence-electron chi connectivity index (χ2n) is 3.66. The molecule has 1 aromatic carbocycles. The number of halogens is 5. The maximum Gasteiger partial charge on any atom is 0.421 e. The molecule has 0 saturated heterocycles. The Morgan fingerprint density at radius 1 is 1.28 bits per heavy atom.